The maximum absolute atomic E-state index is 11.8. The van der Waals surface area contributed by atoms with Gasteiger partial charge in [-0.05, 0) is 58.0 Å². The zero-order chi connectivity index (χ0) is 23.3. The summed E-state index contributed by atoms with van der Waals surface area (Å²) in [5.41, 5.74) is 0.712. The zero-order valence-electron chi connectivity index (χ0n) is 19.2. The van der Waals surface area contributed by atoms with Gasteiger partial charge in [-0.3, -0.25) is 19.8 Å². The third kappa shape index (κ3) is 6.35. The van der Waals surface area contributed by atoms with Crippen LogP contribution in [0.4, 0.5) is 10.5 Å². The summed E-state index contributed by atoms with van der Waals surface area (Å²) in [6, 6.07) is 7.70. The van der Waals surface area contributed by atoms with Gasteiger partial charge in [0.25, 0.3) is 5.91 Å². The highest BCUT2D eigenvalue weighted by Crippen LogP contribution is 2.23. The van der Waals surface area contributed by atoms with E-state index in [0.29, 0.717) is 25.1 Å². The number of piperazine rings is 1. The van der Waals surface area contributed by atoms with E-state index in [1.165, 1.54) is 4.90 Å². The Morgan fingerprint density at radius 2 is 1.81 bits per heavy atom. The molecule has 0 saturated carbocycles. The predicted octanol–water partition coefficient (Wildman–Crippen LogP) is 2.16. The molecule has 1 aromatic carbocycles. The van der Waals surface area contributed by atoms with Gasteiger partial charge >= 0.3 is 6.09 Å². The number of rotatable bonds is 7. The Balaban J connectivity index is 1.42. The first-order valence-electron chi connectivity index (χ1n) is 11.2. The monoisotopic (exact) mass is 446 g/mol. The Kier molecular flexibility index (Phi) is 7.60. The third-order valence-electron chi connectivity index (χ3n) is 5.94. The largest absolute Gasteiger partial charge is 0.481 e. The quantitative estimate of drug-likeness (QED) is 0.619. The molecule has 2 aliphatic heterocycles. The topological polar surface area (TPSA) is 102 Å². The number of ether oxygens (including phenoxy) is 1. The summed E-state index contributed by atoms with van der Waals surface area (Å²) in [5, 5.41) is 11.7. The number of hydrogen-bond donors (Lipinski definition) is 2. The van der Waals surface area contributed by atoms with Crippen LogP contribution in [-0.4, -0.2) is 83.7 Å². The van der Waals surface area contributed by atoms with Gasteiger partial charge in [-0.25, -0.2) is 4.79 Å². The second kappa shape index (κ2) is 10.2. The Hall–Kier alpha value is -2.81. The van der Waals surface area contributed by atoms with Gasteiger partial charge in [0.15, 0.2) is 6.10 Å². The molecule has 3 amide bonds. The van der Waals surface area contributed by atoms with Crippen LogP contribution in [0.1, 0.15) is 40.0 Å². The van der Waals surface area contributed by atoms with Gasteiger partial charge in [0.05, 0.1) is 0 Å². The summed E-state index contributed by atoms with van der Waals surface area (Å²) in [5.74, 6) is -0.0168. The highest BCUT2D eigenvalue weighted by molar-refractivity contribution is 5.99. The summed E-state index contributed by atoms with van der Waals surface area (Å²) >= 11 is 0. The van der Waals surface area contributed by atoms with Gasteiger partial charge in [-0.2, -0.15) is 0 Å². The van der Waals surface area contributed by atoms with Crippen molar-refractivity contribution < 1.29 is 24.2 Å². The van der Waals surface area contributed by atoms with E-state index < -0.39 is 17.7 Å². The van der Waals surface area contributed by atoms with Gasteiger partial charge in [-0.1, -0.05) is 0 Å². The lowest BCUT2D eigenvalue weighted by Gasteiger charge is -2.37. The minimum absolute atomic E-state index is 0.252. The lowest BCUT2D eigenvalue weighted by Crippen LogP contribution is -2.48. The lowest BCUT2D eigenvalue weighted by molar-refractivity contribution is -0.138. The van der Waals surface area contributed by atoms with Crippen molar-refractivity contribution in [3.05, 3.63) is 24.3 Å². The van der Waals surface area contributed by atoms with Crippen LogP contribution in [0.2, 0.25) is 0 Å². The van der Waals surface area contributed by atoms with Gasteiger partial charge in [-0.15, -0.1) is 0 Å². The molecule has 9 heteroatoms. The van der Waals surface area contributed by atoms with E-state index in [1.807, 2.05) is 45.0 Å². The molecule has 1 atom stereocenters. The number of carboxylic acid groups (broad SMARTS) is 1. The van der Waals surface area contributed by atoms with Crippen LogP contribution in [-0.2, 0) is 9.59 Å². The van der Waals surface area contributed by atoms with E-state index in [1.54, 1.807) is 0 Å². The number of benzene rings is 1. The molecule has 32 heavy (non-hydrogen) atoms. The van der Waals surface area contributed by atoms with Crippen molar-refractivity contribution in [2.75, 3.05) is 44.2 Å². The van der Waals surface area contributed by atoms with Crippen molar-refractivity contribution in [3.63, 3.8) is 0 Å². The smallest absolute Gasteiger partial charge is 0.407 e. The number of carbonyl (C=O) groups is 3. The highest BCUT2D eigenvalue weighted by Gasteiger charge is 2.28. The average molecular weight is 447 g/mol. The van der Waals surface area contributed by atoms with Crippen LogP contribution >= 0.6 is 0 Å². The van der Waals surface area contributed by atoms with Crippen LogP contribution in [0.5, 0.6) is 5.75 Å². The summed E-state index contributed by atoms with van der Waals surface area (Å²) in [6.07, 6.45) is 0.0120. The molecule has 2 fully saturated rings. The Labute approximate surface area is 189 Å². The number of carbonyl (C=O) groups excluding carboxylic acids is 2. The summed E-state index contributed by atoms with van der Waals surface area (Å²) in [6.45, 7) is 10.8. The molecule has 2 heterocycles. The molecule has 176 valence electrons. The summed E-state index contributed by atoms with van der Waals surface area (Å²) in [7, 11) is 0. The molecular formula is C23H34N4O5. The van der Waals surface area contributed by atoms with E-state index in [9.17, 15) is 19.5 Å². The van der Waals surface area contributed by atoms with E-state index in [2.05, 4.69) is 15.1 Å². The second-order valence-corrected chi connectivity index (χ2v) is 9.34. The Bertz CT molecular complexity index is 813. The fourth-order valence-electron chi connectivity index (χ4n) is 4.09. The molecule has 1 aromatic rings. The highest BCUT2D eigenvalue weighted by atomic mass is 16.5. The molecule has 0 aliphatic carbocycles. The molecule has 1 unspecified atom stereocenters. The first kappa shape index (κ1) is 23.8. The van der Waals surface area contributed by atoms with Crippen LogP contribution in [0.25, 0.3) is 0 Å². The molecule has 0 radical (unpaired) electrons. The molecule has 9 nitrogen and oxygen atoms in total. The second-order valence-electron chi connectivity index (χ2n) is 9.34. The van der Waals surface area contributed by atoms with E-state index in [-0.39, 0.29) is 11.8 Å². The van der Waals surface area contributed by atoms with Crippen molar-refractivity contribution in [1.29, 1.82) is 0 Å². The number of imide groups is 1. The van der Waals surface area contributed by atoms with Crippen molar-refractivity contribution in [2.45, 2.75) is 51.7 Å². The molecule has 0 aromatic heterocycles. The van der Waals surface area contributed by atoms with Crippen LogP contribution < -0.4 is 15.0 Å². The predicted molar refractivity (Wildman–Crippen MR) is 121 cm³/mol. The van der Waals surface area contributed by atoms with Gasteiger partial charge in [0.1, 0.15) is 5.75 Å². The number of nitrogens with zero attached hydrogens (tertiary/aromatic N) is 3. The fraction of sp³-hybridized carbons (Fsp3) is 0.609. The lowest BCUT2D eigenvalue weighted by atomic mass is 10.1. The number of hydrogen-bond acceptors (Lipinski definition) is 6. The van der Waals surface area contributed by atoms with Crippen LogP contribution in [0.3, 0.4) is 0 Å². The first-order chi connectivity index (χ1) is 15.1. The van der Waals surface area contributed by atoms with Gasteiger partial charge < -0.3 is 19.6 Å². The Morgan fingerprint density at radius 1 is 1.16 bits per heavy atom. The number of anilines is 1. The summed E-state index contributed by atoms with van der Waals surface area (Å²) < 4.78 is 5.74. The van der Waals surface area contributed by atoms with Gasteiger partial charge in [0.2, 0.25) is 5.91 Å². The first-order valence-corrected chi connectivity index (χ1v) is 11.2. The van der Waals surface area contributed by atoms with E-state index in [0.717, 1.165) is 44.8 Å². The van der Waals surface area contributed by atoms with Gasteiger partial charge in [0, 0.05) is 56.8 Å². The molecule has 0 bridgehead atoms. The number of nitrogens with one attached hydrogen (secondary N) is 1. The molecule has 2 saturated heterocycles. The Morgan fingerprint density at radius 3 is 2.38 bits per heavy atom. The summed E-state index contributed by atoms with van der Waals surface area (Å²) in [4.78, 5) is 40.7. The van der Waals surface area contributed by atoms with Crippen LogP contribution in [0, 0.1) is 0 Å². The minimum Gasteiger partial charge on any atom is -0.481 e. The number of piperidine rings is 1. The van der Waals surface area contributed by atoms with Crippen molar-refractivity contribution >= 4 is 23.6 Å². The molecule has 0 spiro atoms. The third-order valence-corrected chi connectivity index (χ3v) is 5.94. The van der Waals surface area contributed by atoms with Crippen molar-refractivity contribution in [1.82, 2.24) is 15.1 Å². The molecule has 2 aliphatic rings. The maximum atomic E-state index is 11.8. The van der Waals surface area contributed by atoms with E-state index >= 15 is 0 Å². The standard InChI is InChI=1S/C23H34N4O5/c1-23(2,3)27(22(30)31)12-4-11-25-13-15-26(16-14-25)17-5-7-18(8-6-17)32-19-9-10-20(28)24-21(19)29/h5-8,19H,4,9-16H2,1-3H3,(H,30,31)(H,24,28,29). The van der Waals surface area contributed by atoms with Crippen molar-refractivity contribution in [2.24, 2.45) is 0 Å². The maximum Gasteiger partial charge on any atom is 0.407 e. The average Bonchev–Trinajstić information content (AvgIpc) is 2.73. The zero-order valence-corrected chi connectivity index (χ0v) is 19.2. The normalized spacial score (nSPS) is 20.1. The minimum atomic E-state index is -0.868. The van der Waals surface area contributed by atoms with Crippen molar-refractivity contribution in [3.8, 4) is 5.75 Å². The van der Waals surface area contributed by atoms with Crippen LogP contribution in [0.15, 0.2) is 24.3 Å². The number of amides is 3. The molecule has 3 rings (SSSR count). The fourth-order valence-corrected chi connectivity index (χ4v) is 4.09. The van der Waals surface area contributed by atoms with E-state index in [4.69, 9.17) is 4.74 Å². The SMILES string of the molecule is CC(C)(C)N(CCCN1CCN(c2ccc(OC3CCC(=O)NC3=O)cc2)CC1)C(=O)O. The molecular weight excluding hydrogens is 412 g/mol. The molecule has 2 N–H and O–H groups in total.